The van der Waals surface area contributed by atoms with Crippen molar-refractivity contribution in [2.24, 2.45) is 17.4 Å². The second kappa shape index (κ2) is 9.83. The van der Waals surface area contributed by atoms with E-state index in [0.29, 0.717) is 6.42 Å². The van der Waals surface area contributed by atoms with Crippen molar-refractivity contribution in [1.29, 1.82) is 0 Å². The number of aliphatic hydroxyl groups excluding tert-OH is 1. The Morgan fingerprint density at radius 2 is 1.54 bits per heavy atom. The molecule has 5 unspecified atom stereocenters. The molecule has 0 radical (unpaired) electrons. The molecule has 3 amide bonds. The SMILES string of the molecule is CCC(C)C(NC(=O)C(N)CC(N)=O)C(=O)NC(C(=O)O)C(C)O. The average molecular weight is 346 g/mol. The van der Waals surface area contributed by atoms with E-state index >= 15 is 0 Å². The third-order valence-electron chi connectivity index (χ3n) is 3.60. The normalized spacial score (nSPS) is 17.0. The quantitative estimate of drug-likeness (QED) is 0.256. The number of carbonyl (C=O) groups is 4. The van der Waals surface area contributed by atoms with E-state index < -0.39 is 47.9 Å². The van der Waals surface area contributed by atoms with Gasteiger partial charge in [-0.3, -0.25) is 14.4 Å². The van der Waals surface area contributed by atoms with Gasteiger partial charge >= 0.3 is 5.97 Å². The number of carboxylic acid groups (broad SMARTS) is 1. The molecule has 0 saturated carbocycles. The van der Waals surface area contributed by atoms with Gasteiger partial charge < -0.3 is 32.3 Å². The monoisotopic (exact) mass is 346 g/mol. The smallest absolute Gasteiger partial charge is 0.328 e. The van der Waals surface area contributed by atoms with Crippen molar-refractivity contribution in [2.45, 2.75) is 57.8 Å². The number of aliphatic hydroxyl groups is 1. The summed E-state index contributed by atoms with van der Waals surface area (Å²) in [6.07, 6.45) is -1.20. The van der Waals surface area contributed by atoms with Crippen molar-refractivity contribution < 1.29 is 29.4 Å². The summed E-state index contributed by atoms with van der Waals surface area (Å²) >= 11 is 0. The fourth-order valence-electron chi connectivity index (χ4n) is 1.90. The number of primary amides is 1. The summed E-state index contributed by atoms with van der Waals surface area (Å²) in [5.74, 6) is -4.02. The molecule has 5 atom stereocenters. The molecule has 10 heteroatoms. The molecule has 24 heavy (non-hydrogen) atoms. The van der Waals surface area contributed by atoms with Gasteiger partial charge in [-0.1, -0.05) is 20.3 Å². The number of carbonyl (C=O) groups excluding carboxylic acids is 3. The summed E-state index contributed by atoms with van der Waals surface area (Å²) in [6.45, 7) is 4.69. The molecular formula is C14H26N4O6. The van der Waals surface area contributed by atoms with Gasteiger partial charge in [-0.15, -0.1) is 0 Å². The first-order valence-corrected chi connectivity index (χ1v) is 7.56. The van der Waals surface area contributed by atoms with Crippen molar-refractivity contribution in [3.63, 3.8) is 0 Å². The highest BCUT2D eigenvalue weighted by Gasteiger charge is 2.32. The summed E-state index contributed by atoms with van der Waals surface area (Å²) in [4.78, 5) is 46.2. The van der Waals surface area contributed by atoms with Crippen LogP contribution in [0.4, 0.5) is 0 Å². The minimum atomic E-state index is -1.51. The molecule has 138 valence electrons. The van der Waals surface area contributed by atoms with Gasteiger partial charge in [0.15, 0.2) is 6.04 Å². The van der Waals surface area contributed by atoms with E-state index in [9.17, 15) is 24.3 Å². The van der Waals surface area contributed by atoms with E-state index in [1.807, 2.05) is 0 Å². The van der Waals surface area contributed by atoms with E-state index in [4.69, 9.17) is 16.6 Å². The maximum Gasteiger partial charge on any atom is 0.328 e. The highest BCUT2D eigenvalue weighted by atomic mass is 16.4. The number of hydrogen-bond donors (Lipinski definition) is 6. The van der Waals surface area contributed by atoms with Crippen LogP contribution >= 0.6 is 0 Å². The predicted molar refractivity (Wildman–Crippen MR) is 84.4 cm³/mol. The third kappa shape index (κ3) is 6.92. The number of amides is 3. The highest BCUT2D eigenvalue weighted by molar-refractivity contribution is 5.93. The van der Waals surface area contributed by atoms with Crippen LogP contribution < -0.4 is 22.1 Å². The minimum absolute atomic E-state index is 0.335. The van der Waals surface area contributed by atoms with Crippen LogP contribution in [0.2, 0.25) is 0 Å². The molecule has 0 aliphatic rings. The molecular weight excluding hydrogens is 320 g/mol. The first kappa shape index (κ1) is 21.8. The number of aliphatic carboxylic acids is 1. The fraction of sp³-hybridized carbons (Fsp3) is 0.714. The number of hydrogen-bond acceptors (Lipinski definition) is 6. The lowest BCUT2D eigenvalue weighted by Crippen LogP contribution is -2.58. The Bertz CT molecular complexity index is 482. The molecule has 0 saturated heterocycles. The summed E-state index contributed by atoms with van der Waals surface area (Å²) in [6, 6.07) is -3.80. The lowest BCUT2D eigenvalue weighted by Gasteiger charge is -2.27. The Hall–Kier alpha value is -2.20. The lowest BCUT2D eigenvalue weighted by atomic mass is 9.97. The van der Waals surface area contributed by atoms with Crippen LogP contribution in [0.3, 0.4) is 0 Å². The van der Waals surface area contributed by atoms with Crippen LogP contribution in [-0.4, -0.2) is 58.1 Å². The van der Waals surface area contributed by atoms with Crippen LogP contribution in [0, 0.1) is 5.92 Å². The zero-order chi connectivity index (χ0) is 19.0. The predicted octanol–water partition coefficient (Wildman–Crippen LogP) is -2.33. The van der Waals surface area contributed by atoms with E-state index in [2.05, 4.69) is 10.6 Å². The van der Waals surface area contributed by atoms with Crippen molar-refractivity contribution in [3.8, 4) is 0 Å². The van der Waals surface area contributed by atoms with Gasteiger partial charge in [0.25, 0.3) is 0 Å². The second-order valence-corrected chi connectivity index (χ2v) is 5.71. The first-order valence-electron chi connectivity index (χ1n) is 7.56. The largest absolute Gasteiger partial charge is 0.480 e. The molecule has 0 aliphatic heterocycles. The Morgan fingerprint density at radius 3 is 1.92 bits per heavy atom. The standard InChI is InChI=1S/C14H26N4O6/c1-4-6(2)10(17-12(21)8(15)5-9(16)20)13(22)18-11(7(3)19)14(23)24/h6-8,10-11,19H,4-5,15H2,1-3H3,(H2,16,20)(H,17,21)(H,18,22)(H,23,24). The maximum absolute atomic E-state index is 12.3. The molecule has 0 fully saturated rings. The Morgan fingerprint density at radius 1 is 1.04 bits per heavy atom. The number of nitrogens with one attached hydrogen (secondary N) is 2. The molecule has 0 heterocycles. The van der Waals surface area contributed by atoms with Crippen LogP contribution in [-0.2, 0) is 19.2 Å². The van der Waals surface area contributed by atoms with E-state index in [0.717, 1.165) is 0 Å². The topological polar surface area (TPSA) is 185 Å². The Balaban J connectivity index is 5.12. The molecule has 0 aromatic carbocycles. The van der Waals surface area contributed by atoms with Crippen LogP contribution in [0.5, 0.6) is 0 Å². The summed E-state index contributed by atoms with van der Waals surface area (Å²) in [5, 5.41) is 23.0. The second-order valence-electron chi connectivity index (χ2n) is 5.71. The van der Waals surface area contributed by atoms with Crippen molar-refractivity contribution in [1.82, 2.24) is 10.6 Å². The van der Waals surface area contributed by atoms with Gasteiger partial charge in [-0.2, -0.15) is 0 Å². The zero-order valence-electron chi connectivity index (χ0n) is 14.0. The van der Waals surface area contributed by atoms with E-state index in [1.165, 1.54) is 6.92 Å². The fourth-order valence-corrected chi connectivity index (χ4v) is 1.90. The van der Waals surface area contributed by atoms with Crippen LogP contribution in [0.15, 0.2) is 0 Å². The highest BCUT2D eigenvalue weighted by Crippen LogP contribution is 2.09. The van der Waals surface area contributed by atoms with Crippen molar-refractivity contribution in [3.05, 3.63) is 0 Å². The number of carboxylic acids is 1. The van der Waals surface area contributed by atoms with Gasteiger partial charge in [0.2, 0.25) is 17.7 Å². The van der Waals surface area contributed by atoms with Crippen molar-refractivity contribution >= 4 is 23.7 Å². The van der Waals surface area contributed by atoms with Gasteiger partial charge in [0, 0.05) is 0 Å². The van der Waals surface area contributed by atoms with Gasteiger partial charge in [0.1, 0.15) is 6.04 Å². The van der Waals surface area contributed by atoms with Crippen molar-refractivity contribution in [2.75, 3.05) is 0 Å². The van der Waals surface area contributed by atoms with Crippen LogP contribution in [0.25, 0.3) is 0 Å². The molecule has 0 spiro atoms. The molecule has 0 aromatic rings. The van der Waals surface area contributed by atoms with E-state index in [-0.39, 0.29) is 12.3 Å². The molecule has 0 bridgehead atoms. The van der Waals surface area contributed by atoms with Crippen LogP contribution in [0.1, 0.15) is 33.6 Å². The summed E-state index contributed by atoms with van der Waals surface area (Å²) in [7, 11) is 0. The third-order valence-corrected chi connectivity index (χ3v) is 3.60. The zero-order valence-corrected chi connectivity index (χ0v) is 14.0. The number of nitrogens with two attached hydrogens (primary N) is 2. The summed E-state index contributed by atoms with van der Waals surface area (Å²) in [5.41, 5.74) is 10.5. The lowest BCUT2D eigenvalue weighted by molar-refractivity contribution is -0.145. The molecule has 0 aromatic heterocycles. The Labute approximate surface area is 139 Å². The first-order chi connectivity index (χ1) is 11.0. The Kier molecular flexibility index (Phi) is 8.93. The average Bonchev–Trinajstić information content (AvgIpc) is 2.47. The minimum Gasteiger partial charge on any atom is -0.480 e. The van der Waals surface area contributed by atoms with Gasteiger partial charge in [0.05, 0.1) is 18.6 Å². The van der Waals surface area contributed by atoms with Gasteiger partial charge in [-0.05, 0) is 12.8 Å². The van der Waals surface area contributed by atoms with Gasteiger partial charge in [-0.25, -0.2) is 4.79 Å². The molecule has 10 nitrogen and oxygen atoms in total. The summed E-state index contributed by atoms with van der Waals surface area (Å²) < 4.78 is 0. The van der Waals surface area contributed by atoms with E-state index in [1.54, 1.807) is 13.8 Å². The molecule has 8 N–H and O–H groups in total. The number of rotatable bonds is 10. The molecule has 0 aliphatic carbocycles. The maximum atomic E-state index is 12.3. The molecule has 0 rings (SSSR count).